The molecule has 73 heavy (non-hydrogen) atoms. The van der Waals surface area contributed by atoms with E-state index in [2.05, 4.69) is 124 Å². The van der Waals surface area contributed by atoms with Crippen molar-refractivity contribution in [2.24, 2.45) is 0 Å². The van der Waals surface area contributed by atoms with Gasteiger partial charge in [-0.3, -0.25) is 14.4 Å². The van der Waals surface area contributed by atoms with Crippen molar-refractivity contribution >= 4 is 17.9 Å². The highest BCUT2D eigenvalue weighted by Crippen LogP contribution is 2.16. The van der Waals surface area contributed by atoms with Crippen LogP contribution < -0.4 is 0 Å². The number of esters is 3. The van der Waals surface area contributed by atoms with E-state index < -0.39 is 6.10 Å². The maximum absolute atomic E-state index is 12.9. The summed E-state index contributed by atoms with van der Waals surface area (Å²) in [5.41, 5.74) is 0. The fraction of sp³-hybridized carbons (Fsp3) is 0.687. The van der Waals surface area contributed by atoms with Crippen LogP contribution in [-0.2, 0) is 28.6 Å². The third kappa shape index (κ3) is 58.8. The van der Waals surface area contributed by atoms with Crippen LogP contribution in [0.15, 0.2) is 109 Å². The molecule has 0 N–H and O–H groups in total. The molecule has 0 aromatic rings. The van der Waals surface area contributed by atoms with E-state index in [1.807, 2.05) is 6.08 Å². The van der Waals surface area contributed by atoms with Gasteiger partial charge in [0.15, 0.2) is 6.10 Å². The number of carbonyl (C=O) groups is 3. The fourth-order valence-corrected chi connectivity index (χ4v) is 8.24. The summed E-state index contributed by atoms with van der Waals surface area (Å²) in [5, 5.41) is 0. The molecular weight excluding hydrogens is 901 g/mol. The molecule has 0 radical (unpaired) electrons. The van der Waals surface area contributed by atoms with E-state index in [1.165, 1.54) is 128 Å². The molecule has 0 aromatic heterocycles. The Morgan fingerprint density at radius 3 is 0.945 bits per heavy atom. The topological polar surface area (TPSA) is 78.9 Å². The first-order valence-corrected chi connectivity index (χ1v) is 30.4. The van der Waals surface area contributed by atoms with Gasteiger partial charge in [0, 0.05) is 19.3 Å². The average molecular weight is 1010 g/mol. The van der Waals surface area contributed by atoms with Gasteiger partial charge < -0.3 is 14.2 Å². The van der Waals surface area contributed by atoms with Crippen molar-refractivity contribution in [1.82, 2.24) is 0 Å². The molecule has 0 aliphatic heterocycles. The van der Waals surface area contributed by atoms with Gasteiger partial charge in [0.2, 0.25) is 0 Å². The van der Waals surface area contributed by atoms with E-state index in [9.17, 15) is 14.4 Å². The van der Waals surface area contributed by atoms with Crippen molar-refractivity contribution in [2.45, 2.75) is 284 Å². The molecule has 0 unspecified atom stereocenters. The predicted octanol–water partition coefficient (Wildman–Crippen LogP) is 20.7. The fourth-order valence-electron chi connectivity index (χ4n) is 8.24. The van der Waals surface area contributed by atoms with Crippen LogP contribution in [0.5, 0.6) is 0 Å². The molecule has 0 heterocycles. The first-order chi connectivity index (χ1) is 36.0. The van der Waals surface area contributed by atoms with Gasteiger partial charge in [-0.15, -0.1) is 0 Å². The molecule has 0 spiro atoms. The number of hydrogen-bond donors (Lipinski definition) is 0. The van der Waals surface area contributed by atoms with E-state index in [0.29, 0.717) is 19.3 Å². The Hall–Kier alpha value is -3.93. The quantitative estimate of drug-likeness (QED) is 0.0261. The van der Waals surface area contributed by atoms with Gasteiger partial charge in [0.25, 0.3) is 0 Å². The molecule has 416 valence electrons. The van der Waals surface area contributed by atoms with Gasteiger partial charge in [-0.1, -0.05) is 271 Å². The van der Waals surface area contributed by atoms with E-state index in [4.69, 9.17) is 14.2 Å². The van der Waals surface area contributed by atoms with Gasteiger partial charge in [0.05, 0.1) is 0 Å². The Labute approximate surface area is 450 Å². The van der Waals surface area contributed by atoms with Crippen molar-refractivity contribution in [3.05, 3.63) is 109 Å². The highest BCUT2D eigenvalue weighted by Gasteiger charge is 2.19. The first kappa shape index (κ1) is 69.1. The van der Waals surface area contributed by atoms with Gasteiger partial charge in [-0.2, -0.15) is 0 Å². The Morgan fingerprint density at radius 1 is 0.288 bits per heavy atom. The summed E-state index contributed by atoms with van der Waals surface area (Å²) in [7, 11) is 0. The molecule has 0 aromatic carbocycles. The Bertz CT molecular complexity index is 1490. The van der Waals surface area contributed by atoms with Gasteiger partial charge in [0.1, 0.15) is 13.2 Å². The summed E-state index contributed by atoms with van der Waals surface area (Å²) in [6, 6.07) is 0. The van der Waals surface area contributed by atoms with E-state index in [1.54, 1.807) is 0 Å². The molecule has 0 saturated heterocycles. The highest BCUT2D eigenvalue weighted by molar-refractivity contribution is 5.71. The minimum absolute atomic E-state index is 0.113. The number of rotatable bonds is 54. The normalized spacial score (nSPS) is 12.9. The Morgan fingerprint density at radius 2 is 0.562 bits per heavy atom. The number of hydrogen-bond acceptors (Lipinski definition) is 6. The zero-order valence-corrected chi connectivity index (χ0v) is 47.6. The van der Waals surface area contributed by atoms with Gasteiger partial charge in [-0.25, -0.2) is 0 Å². The molecule has 0 bridgehead atoms. The lowest BCUT2D eigenvalue weighted by Crippen LogP contribution is -2.30. The average Bonchev–Trinajstić information content (AvgIpc) is 3.39. The van der Waals surface area contributed by atoms with Crippen molar-refractivity contribution < 1.29 is 28.6 Å². The zero-order valence-electron chi connectivity index (χ0n) is 47.6. The van der Waals surface area contributed by atoms with Gasteiger partial charge in [-0.05, 0) is 96.3 Å². The smallest absolute Gasteiger partial charge is 0.306 e. The van der Waals surface area contributed by atoms with Crippen LogP contribution in [0.1, 0.15) is 278 Å². The highest BCUT2D eigenvalue weighted by atomic mass is 16.6. The Balaban J connectivity index is 4.52. The third-order valence-corrected chi connectivity index (χ3v) is 12.8. The van der Waals surface area contributed by atoms with Crippen LogP contribution in [0.3, 0.4) is 0 Å². The van der Waals surface area contributed by atoms with Crippen molar-refractivity contribution in [1.29, 1.82) is 0 Å². The number of carbonyl (C=O) groups excluding carboxylic acids is 3. The van der Waals surface area contributed by atoms with E-state index >= 15 is 0 Å². The van der Waals surface area contributed by atoms with Crippen molar-refractivity contribution in [2.75, 3.05) is 13.2 Å². The molecule has 0 fully saturated rings. The Kier molecular flexibility index (Phi) is 57.4. The monoisotopic (exact) mass is 1010 g/mol. The van der Waals surface area contributed by atoms with Crippen LogP contribution in [-0.4, -0.2) is 37.2 Å². The second-order valence-corrected chi connectivity index (χ2v) is 19.9. The van der Waals surface area contributed by atoms with E-state index in [-0.39, 0.29) is 37.5 Å². The molecule has 0 aliphatic rings. The minimum atomic E-state index is -0.820. The summed E-state index contributed by atoms with van der Waals surface area (Å²) in [5.74, 6) is -1.01. The summed E-state index contributed by atoms with van der Waals surface area (Å²) in [6.07, 6.45) is 82.4. The maximum atomic E-state index is 12.9. The van der Waals surface area contributed by atoms with Crippen LogP contribution in [0.4, 0.5) is 0 Å². The number of allylic oxidation sites excluding steroid dienone is 18. The SMILES string of the molecule is CC/C=C\C/C=C\C/C=C\C/C=C\CCCCCCC(=O)OC[C@H](COC(=O)CC/C=C\C/C=C\C/C=C\C/C=C\C/C=C\CCCCC)OC(=O)CCCCCCCCCCCCCCCCCCCCC. The predicted molar refractivity (Wildman–Crippen MR) is 316 cm³/mol. The number of ether oxygens (including phenoxy) is 3. The summed E-state index contributed by atoms with van der Waals surface area (Å²) in [6.45, 7) is 6.43. The molecule has 6 nitrogen and oxygen atoms in total. The molecular formula is C67H112O6. The summed E-state index contributed by atoms with van der Waals surface area (Å²) < 4.78 is 16.8. The third-order valence-electron chi connectivity index (χ3n) is 12.8. The first-order valence-electron chi connectivity index (χ1n) is 30.4. The van der Waals surface area contributed by atoms with Crippen LogP contribution in [0, 0.1) is 0 Å². The summed E-state index contributed by atoms with van der Waals surface area (Å²) in [4.78, 5) is 38.2. The van der Waals surface area contributed by atoms with Crippen molar-refractivity contribution in [3.8, 4) is 0 Å². The largest absolute Gasteiger partial charge is 0.462 e. The zero-order chi connectivity index (χ0) is 52.9. The van der Waals surface area contributed by atoms with E-state index in [0.717, 1.165) is 103 Å². The van der Waals surface area contributed by atoms with Crippen LogP contribution >= 0.6 is 0 Å². The standard InChI is InChI=1S/C67H112O6/c1-4-7-10-13-16-19-22-25-28-31-33-36-39-42-45-48-51-54-57-60-66(69)72-63-64(62-71-65(68)59-56-53-50-47-44-41-38-35-30-27-24-21-18-15-12-9-6-3)73-67(70)61-58-55-52-49-46-43-40-37-34-32-29-26-23-20-17-14-11-8-5-2/h9,12,16,18-19,21,25,27-28,30,33,36,38,41-42,45,51,54,64H,4-8,10-11,13-15,17,20,22-24,26,29,31-32,34-35,37,39-40,43-44,46-50,52-53,55-63H2,1-3H3/b12-9-,19-16-,21-18-,28-25-,30-27-,36-33-,41-38-,45-42-,54-51-/t64-/m1/s1. The molecule has 6 heteroatoms. The van der Waals surface area contributed by atoms with Gasteiger partial charge >= 0.3 is 17.9 Å². The second-order valence-electron chi connectivity index (χ2n) is 19.9. The molecule has 0 aliphatic carbocycles. The van der Waals surface area contributed by atoms with Crippen molar-refractivity contribution in [3.63, 3.8) is 0 Å². The maximum Gasteiger partial charge on any atom is 0.306 e. The molecule has 1 atom stereocenters. The molecule has 0 rings (SSSR count). The second kappa shape index (κ2) is 60.6. The lowest BCUT2D eigenvalue weighted by Gasteiger charge is -2.18. The lowest BCUT2D eigenvalue weighted by atomic mass is 10.0. The summed E-state index contributed by atoms with van der Waals surface area (Å²) >= 11 is 0. The number of unbranched alkanes of at least 4 members (excludes halogenated alkanes) is 25. The minimum Gasteiger partial charge on any atom is -0.462 e. The molecule has 0 saturated carbocycles. The van der Waals surface area contributed by atoms with Crippen LogP contribution in [0.2, 0.25) is 0 Å². The van der Waals surface area contributed by atoms with Crippen LogP contribution in [0.25, 0.3) is 0 Å². The lowest BCUT2D eigenvalue weighted by molar-refractivity contribution is -0.166. The molecule has 0 amide bonds.